The molecule has 0 radical (unpaired) electrons. The molecule has 0 rings (SSSR count). The molecule has 0 aromatic carbocycles. The van der Waals surface area contributed by atoms with E-state index in [0.29, 0.717) is 0 Å². The maximum Gasteiger partial charge on any atom is 0.100 e. The monoisotopic (exact) mass is 136 g/mol. The largest absolute Gasteiger partial charge is 0.394 e. The minimum atomic E-state index is -0.823. The molecule has 0 aromatic heterocycles. The molecule has 0 aliphatic rings. The fourth-order valence-corrected chi connectivity index (χ4v) is 0.337. The van der Waals surface area contributed by atoms with Gasteiger partial charge in [-0.05, 0) is 0 Å². The summed E-state index contributed by atoms with van der Waals surface area (Å²) in [7, 11) is 0. The molecule has 0 bridgehead atoms. The second-order valence-corrected chi connectivity index (χ2v) is 1.63. The van der Waals surface area contributed by atoms with Crippen molar-refractivity contribution in [3.05, 3.63) is 0 Å². The Bertz CT molecular complexity index is 56.9. The summed E-state index contributed by atoms with van der Waals surface area (Å²) in [5, 5.41) is 25.1. The molecular weight excluding hydrogens is 124 g/mol. The highest BCUT2D eigenvalue weighted by Gasteiger charge is 1.99. The van der Waals surface area contributed by atoms with Crippen LogP contribution in [-0.4, -0.2) is 47.9 Å². The van der Waals surface area contributed by atoms with E-state index in [2.05, 4.69) is 4.74 Å². The van der Waals surface area contributed by atoms with Crippen LogP contribution >= 0.6 is 0 Å². The maximum absolute atomic E-state index is 8.63. The Balaban J connectivity index is 2.88. The predicted octanol–water partition coefficient (Wildman–Crippen LogP) is -1.65. The molecule has 0 saturated heterocycles. The molecule has 0 aliphatic carbocycles. The van der Waals surface area contributed by atoms with Crippen LogP contribution in [-0.2, 0) is 4.74 Å². The van der Waals surface area contributed by atoms with Gasteiger partial charge in [0, 0.05) is 0 Å². The molecule has 1 unspecified atom stereocenters. The van der Waals surface area contributed by atoms with Crippen molar-refractivity contribution >= 4 is 0 Å². The fraction of sp³-hybridized carbons (Fsp3) is 1.00. The first-order chi connectivity index (χ1) is 4.31. The molecule has 0 aliphatic heterocycles. The lowest BCUT2D eigenvalue weighted by atomic mass is 10.4. The van der Waals surface area contributed by atoms with Gasteiger partial charge in [0.1, 0.15) is 6.10 Å². The molecule has 0 heterocycles. The highest BCUT2D eigenvalue weighted by molar-refractivity contribution is 4.47. The Morgan fingerprint density at radius 2 is 2.00 bits per heavy atom. The van der Waals surface area contributed by atoms with Crippen molar-refractivity contribution in [3.63, 3.8) is 0 Å². The van der Waals surface area contributed by atoms with Crippen LogP contribution in [0.2, 0.25) is 0 Å². The molecular formula is C5H12O4. The van der Waals surface area contributed by atoms with E-state index < -0.39 is 6.10 Å². The van der Waals surface area contributed by atoms with E-state index in [1.165, 1.54) is 0 Å². The molecule has 0 amide bonds. The standard InChI is InChI=1S/C5H12O4/c6-1-2-9-4-5(8)3-7/h5-8H,1-4H2. The average molecular weight is 136 g/mol. The Morgan fingerprint density at radius 1 is 1.33 bits per heavy atom. The van der Waals surface area contributed by atoms with Gasteiger partial charge in [-0.1, -0.05) is 0 Å². The van der Waals surface area contributed by atoms with Crippen molar-refractivity contribution in [1.82, 2.24) is 0 Å². The van der Waals surface area contributed by atoms with Gasteiger partial charge in [0.15, 0.2) is 0 Å². The van der Waals surface area contributed by atoms with Gasteiger partial charge in [-0.3, -0.25) is 0 Å². The van der Waals surface area contributed by atoms with Crippen molar-refractivity contribution in [2.45, 2.75) is 6.10 Å². The van der Waals surface area contributed by atoms with Gasteiger partial charge >= 0.3 is 0 Å². The molecule has 0 spiro atoms. The van der Waals surface area contributed by atoms with Gasteiger partial charge in [-0.2, -0.15) is 0 Å². The quantitative estimate of drug-likeness (QED) is 0.396. The second-order valence-electron chi connectivity index (χ2n) is 1.63. The predicted molar refractivity (Wildman–Crippen MR) is 31.0 cm³/mol. The van der Waals surface area contributed by atoms with Gasteiger partial charge in [-0.15, -0.1) is 0 Å². The first kappa shape index (κ1) is 8.84. The summed E-state index contributed by atoms with van der Waals surface area (Å²) in [6, 6.07) is 0. The van der Waals surface area contributed by atoms with Gasteiger partial charge in [0.05, 0.1) is 26.4 Å². The zero-order valence-corrected chi connectivity index (χ0v) is 5.16. The molecule has 4 heteroatoms. The number of hydrogen-bond acceptors (Lipinski definition) is 4. The van der Waals surface area contributed by atoms with Crippen LogP contribution in [0.3, 0.4) is 0 Å². The third kappa shape index (κ3) is 5.72. The van der Waals surface area contributed by atoms with Crippen LogP contribution in [0.1, 0.15) is 0 Å². The second kappa shape index (κ2) is 5.97. The number of hydrogen-bond donors (Lipinski definition) is 3. The summed E-state index contributed by atoms with van der Waals surface area (Å²) in [6.45, 7) is -0.0717. The maximum atomic E-state index is 8.63. The molecule has 56 valence electrons. The average Bonchev–Trinajstić information content (AvgIpc) is 1.89. The molecule has 3 N–H and O–H groups in total. The Kier molecular flexibility index (Phi) is 5.86. The number of aliphatic hydroxyl groups is 3. The van der Waals surface area contributed by atoms with E-state index in [-0.39, 0.29) is 26.4 Å². The van der Waals surface area contributed by atoms with Crippen LogP contribution in [0.15, 0.2) is 0 Å². The first-order valence-corrected chi connectivity index (χ1v) is 2.78. The third-order valence-corrected chi connectivity index (χ3v) is 0.757. The fourth-order valence-electron chi connectivity index (χ4n) is 0.337. The SMILES string of the molecule is OCCOCC(O)CO. The smallest absolute Gasteiger partial charge is 0.100 e. The summed E-state index contributed by atoms with van der Waals surface area (Å²) in [4.78, 5) is 0. The van der Waals surface area contributed by atoms with Gasteiger partial charge < -0.3 is 20.1 Å². The number of ether oxygens (including phenoxy) is 1. The lowest BCUT2D eigenvalue weighted by molar-refractivity contribution is -0.00361. The molecule has 1 atom stereocenters. The lowest BCUT2D eigenvalue weighted by Crippen LogP contribution is -2.20. The van der Waals surface area contributed by atoms with E-state index in [9.17, 15) is 0 Å². The Morgan fingerprint density at radius 3 is 2.44 bits per heavy atom. The normalized spacial score (nSPS) is 13.7. The zero-order chi connectivity index (χ0) is 7.11. The zero-order valence-electron chi connectivity index (χ0n) is 5.16. The van der Waals surface area contributed by atoms with Crippen molar-refractivity contribution in [2.24, 2.45) is 0 Å². The highest BCUT2D eigenvalue weighted by Crippen LogP contribution is 1.81. The van der Waals surface area contributed by atoms with Gasteiger partial charge in [0.25, 0.3) is 0 Å². The van der Waals surface area contributed by atoms with Crippen molar-refractivity contribution in [2.75, 3.05) is 26.4 Å². The summed E-state index contributed by atoms with van der Waals surface area (Å²) in [5.74, 6) is 0. The first-order valence-electron chi connectivity index (χ1n) is 2.78. The third-order valence-electron chi connectivity index (χ3n) is 0.757. The molecule has 0 saturated carbocycles. The van der Waals surface area contributed by atoms with E-state index in [1.54, 1.807) is 0 Å². The molecule has 4 nitrogen and oxygen atoms in total. The van der Waals surface area contributed by atoms with Crippen LogP contribution in [0, 0.1) is 0 Å². The van der Waals surface area contributed by atoms with Gasteiger partial charge in [0.2, 0.25) is 0 Å². The Labute approximate surface area is 53.7 Å². The number of aliphatic hydroxyl groups excluding tert-OH is 3. The highest BCUT2D eigenvalue weighted by atomic mass is 16.5. The summed E-state index contributed by atoms with van der Waals surface area (Å²) < 4.78 is 4.68. The van der Waals surface area contributed by atoms with Crippen LogP contribution in [0.25, 0.3) is 0 Å². The van der Waals surface area contributed by atoms with E-state index in [4.69, 9.17) is 15.3 Å². The van der Waals surface area contributed by atoms with Crippen LogP contribution < -0.4 is 0 Å². The van der Waals surface area contributed by atoms with E-state index in [1.807, 2.05) is 0 Å². The topological polar surface area (TPSA) is 69.9 Å². The van der Waals surface area contributed by atoms with E-state index in [0.717, 1.165) is 0 Å². The van der Waals surface area contributed by atoms with Gasteiger partial charge in [-0.25, -0.2) is 0 Å². The molecule has 0 aromatic rings. The summed E-state index contributed by atoms with van der Waals surface area (Å²) >= 11 is 0. The van der Waals surface area contributed by atoms with Crippen molar-refractivity contribution in [1.29, 1.82) is 0 Å². The Hall–Kier alpha value is -0.160. The molecule has 0 fully saturated rings. The minimum absolute atomic E-state index is 0.0574. The van der Waals surface area contributed by atoms with E-state index >= 15 is 0 Å². The molecule has 9 heavy (non-hydrogen) atoms. The number of rotatable bonds is 5. The lowest BCUT2D eigenvalue weighted by Gasteiger charge is -2.05. The summed E-state index contributed by atoms with van der Waals surface area (Å²) in [5.41, 5.74) is 0. The van der Waals surface area contributed by atoms with Crippen LogP contribution in [0.5, 0.6) is 0 Å². The van der Waals surface area contributed by atoms with Crippen molar-refractivity contribution in [3.8, 4) is 0 Å². The minimum Gasteiger partial charge on any atom is -0.394 e. The van der Waals surface area contributed by atoms with Crippen molar-refractivity contribution < 1.29 is 20.1 Å². The van der Waals surface area contributed by atoms with Crippen LogP contribution in [0.4, 0.5) is 0 Å². The summed E-state index contributed by atoms with van der Waals surface area (Å²) in [6.07, 6.45) is -0.823.